The first-order valence-electron chi connectivity index (χ1n) is 10.1. The molecule has 0 spiro atoms. The minimum Gasteiger partial charge on any atom is -0.345 e. The van der Waals surface area contributed by atoms with Crippen molar-refractivity contribution in [3.63, 3.8) is 0 Å². The Morgan fingerprint density at radius 2 is 1.89 bits per heavy atom. The van der Waals surface area contributed by atoms with Crippen LogP contribution in [0.2, 0.25) is 0 Å². The number of fused-ring (bicyclic) bond motifs is 2. The van der Waals surface area contributed by atoms with E-state index in [1.807, 2.05) is 25.1 Å². The van der Waals surface area contributed by atoms with Crippen LogP contribution in [0.5, 0.6) is 0 Å². The van der Waals surface area contributed by atoms with Crippen LogP contribution < -0.4 is 10.6 Å². The summed E-state index contributed by atoms with van der Waals surface area (Å²) in [6.07, 6.45) is 6.06. The van der Waals surface area contributed by atoms with Gasteiger partial charge in [0, 0.05) is 12.1 Å². The third-order valence-electron chi connectivity index (χ3n) is 6.06. The zero-order valence-corrected chi connectivity index (χ0v) is 18.5. The summed E-state index contributed by atoms with van der Waals surface area (Å²) in [7, 11) is 0. The number of hydrogen-bond acceptors (Lipinski definition) is 3. The van der Waals surface area contributed by atoms with E-state index in [0.717, 1.165) is 23.3 Å². The fraction of sp³-hybridized carbons (Fsp3) is 0.619. The number of hydrogen-bond donors (Lipinski definition) is 2. The number of carbonyl (C=O) groups is 1. The van der Waals surface area contributed by atoms with Gasteiger partial charge < -0.3 is 15.2 Å². The number of rotatable bonds is 4. The van der Waals surface area contributed by atoms with Crippen LogP contribution >= 0.6 is 24.8 Å². The van der Waals surface area contributed by atoms with Gasteiger partial charge in [0.2, 0.25) is 5.91 Å². The topological polar surface area (TPSA) is 59.0 Å². The van der Waals surface area contributed by atoms with E-state index >= 15 is 0 Å². The van der Waals surface area contributed by atoms with Crippen molar-refractivity contribution in [3.8, 4) is 0 Å². The largest absolute Gasteiger partial charge is 0.345 e. The van der Waals surface area contributed by atoms with Gasteiger partial charge in [-0.3, -0.25) is 4.79 Å². The second kappa shape index (κ2) is 9.47. The molecule has 0 radical (unpaired) electrons. The second-order valence-corrected chi connectivity index (χ2v) is 8.26. The van der Waals surface area contributed by atoms with Gasteiger partial charge in [0.05, 0.1) is 23.1 Å². The fourth-order valence-electron chi connectivity index (χ4n) is 4.81. The van der Waals surface area contributed by atoms with E-state index in [2.05, 4.69) is 35.1 Å². The molecule has 4 atom stereocenters. The van der Waals surface area contributed by atoms with Crippen molar-refractivity contribution < 1.29 is 4.79 Å². The van der Waals surface area contributed by atoms with Crippen LogP contribution in [0.15, 0.2) is 24.3 Å². The van der Waals surface area contributed by atoms with Crippen LogP contribution in [0.25, 0.3) is 11.0 Å². The lowest BCUT2D eigenvalue weighted by Crippen LogP contribution is -2.44. The summed E-state index contributed by atoms with van der Waals surface area (Å²) in [6, 6.07) is 8.86. The summed E-state index contributed by atoms with van der Waals surface area (Å²) in [6.45, 7) is 6.37. The third-order valence-corrected chi connectivity index (χ3v) is 6.06. The number of para-hydroxylation sites is 2. The maximum atomic E-state index is 12.9. The number of imidazole rings is 1. The number of amides is 1. The van der Waals surface area contributed by atoms with Crippen molar-refractivity contribution in [1.29, 1.82) is 0 Å². The first-order valence-corrected chi connectivity index (χ1v) is 10.1. The van der Waals surface area contributed by atoms with E-state index in [9.17, 15) is 4.79 Å². The number of nitrogens with zero attached hydrogens (tertiary/aromatic N) is 2. The van der Waals surface area contributed by atoms with E-state index in [0.29, 0.717) is 18.0 Å². The molecule has 1 aliphatic carbocycles. The maximum Gasteiger partial charge on any atom is 0.237 e. The van der Waals surface area contributed by atoms with E-state index in [1.54, 1.807) is 0 Å². The van der Waals surface area contributed by atoms with Gasteiger partial charge in [-0.1, -0.05) is 25.0 Å². The molecule has 156 valence electrons. The third kappa shape index (κ3) is 4.32. The molecule has 28 heavy (non-hydrogen) atoms. The lowest BCUT2D eigenvalue weighted by Gasteiger charge is -2.24. The van der Waals surface area contributed by atoms with Crippen LogP contribution in [0.1, 0.15) is 70.8 Å². The van der Waals surface area contributed by atoms with Crippen molar-refractivity contribution in [2.75, 3.05) is 0 Å². The highest BCUT2D eigenvalue weighted by Crippen LogP contribution is 2.33. The van der Waals surface area contributed by atoms with Crippen LogP contribution in [-0.4, -0.2) is 27.5 Å². The average Bonchev–Trinajstić information content (AvgIpc) is 3.23. The molecule has 2 heterocycles. The van der Waals surface area contributed by atoms with E-state index in [1.165, 1.54) is 25.7 Å². The summed E-state index contributed by atoms with van der Waals surface area (Å²) < 4.78 is 2.24. The minimum absolute atomic E-state index is 0. The molecular weight excluding hydrogens is 395 g/mol. The molecule has 2 fully saturated rings. The Hall–Kier alpha value is -1.30. The van der Waals surface area contributed by atoms with E-state index in [4.69, 9.17) is 4.98 Å². The molecule has 2 aliphatic rings. The molecular formula is C21H32Cl2N4O. The highest BCUT2D eigenvalue weighted by Gasteiger charge is 2.38. The number of carbonyl (C=O) groups excluding carboxylic acids is 1. The van der Waals surface area contributed by atoms with E-state index < -0.39 is 0 Å². The fourth-order valence-corrected chi connectivity index (χ4v) is 4.81. The Morgan fingerprint density at radius 1 is 1.18 bits per heavy atom. The second-order valence-electron chi connectivity index (χ2n) is 8.26. The summed E-state index contributed by atoms with van der Waals surface area (Å²) >= 11 is 0. The van der Waals surface area contributed by atoms with Gasteiger partial charge in [-0.25, -0.2) is 4.98 Å². The van der Waals surface area contributed by atoms with Crippen LogP contribution in [0.4, 0.5) is 0 Å². The Bertz CT molecular complexity index is 793. The van der Waals surface area contributed by atoms with Gasteiger partial charge in [-0.15, -0.1) is 24.8 Å². The number of aromatic nitrogens is 2. The smallest absolute Gasteiger partial charge is 0.237 e. The lowest BCUT2D eigenvalue weighted by atomic mass is 9.85. The standard InChI is InChI=1S/C21H30N4O.2ClH/c1-13(2)25-19-11-7-6-10-17(19)24-20(25)14(3)22-21(26)18-12-15-8-4-5-9-16(15)23-18;;/h6-7,10-11,13-16,18,23H,4-5,8-9,12H2,1-3H3,(H,22,26);2*1H. The lowest BCUT2D eigenvalue weighted by molar-refractivity contribution is -0.123. The normalized spacial score (nSPS) is 24.9. The molecule has 4 unspecified atom stereocenters. The van der Waals surface area contributed by atoms with Crippen molar-refractivity contribution in [2.24, 2.45) is 5.92 Å². The first-order chi connectivity index (χ1) is 12.5. The van der Waals surface area contributed by atoms with Crippen LogP contribution in [0.3, 0.4) is 0 Å². The van der Waals surface area contributed by atoms with Gasteiger partial charge in [0.1, 0.15) is 5.82 Å². The molecule has 7 heteroatoms. The molecule has 4 rings (SSSR count). The Balaban J connectivity index is 0.00000140. The van der Waals surface area contributed by atoms with Crippen molar-refractivity contribution in [3.05, 3.63) is 30.1 Å². The number of nitrogens with one attached hydrogen (secondary N) is 2. The number of benzene rings is 1. The van der Waals surface area contributed by atoms with Gasteiger partial charge in [-0.05, 0) is 58.1 Å². The molecule has 1 aromatic carbocycles. The summed E-state index contributed by atoms with van der Waals surface area (Å²) in [4.78, 5) is 17.7. The highest BCUT2D eigenvalue weighted by atomic mass is 35.5. The van der Waals surface area contributed by atoms with Crippen molar-refractivity contribution >= 4 is 41.8 Å². The summed E-state index contributed by atoms with van der Waals surface area (Å²) in [5, 5.41) is 6.79. The monoisotopic (exact) mass is 426 g/mol. The Kier molecular flexibility index (Phi) is 7.77. The Labute approximate surface area is 179 Å². The van der Waals surface area contributed by atoms with E-state index in [-0.39, 0.29) is 42.8 Å². The highest BCUT2D eigenvalue weighted by molar-refractivity contribution is 5.85. The quantitative estimate of drug-likeness (QED) is 0.752. The first kappa shape index (κ1) is 23.0. The molecule has 1 aliphatic heterocycles. The SMILES string of the molecule is CC(NC(=O)C1CC2CCCCC2N1)c1nc2ccccc2n1C(C)C.Cl.Cl. The molecule has 2 N–H and O–H groups in total. The molecule has 0 bridgehead atoms. The number of halogens is 2. The van der Waals surface area contributed by atoms with Gasteiger partial charge in [0.15, 0.2) is 0 Å². The summed E-state index contributed by atoms with van der Waals surface area (Å²) in [5.41, 5.74) is 2.12. The zero-order chi connectivity index (χ0) is 18.3. The molecule has 1 saturated heterocycles. The maximum absolute atomic E-state index is 12.9. The van der Waals surface area contributed by atoms with Crippen LogP contribution in [-0.2, 0) is 4.79 Å². The molecule has 1 amide bonds. The van der Waals surface area contributed by atoms with Crippen molar-refractivity contribution in [1.82, 2.24) is 20.2 Å². The van der Waals surface area contributed by atoms with Crippen LogP contribution in [0, 0.1) is 5.92 Å². The predicted octanol–water partition coefficient (Wildman–Crippen LogP) is 4.56. The molecule has 1 aromatic heterocycles. The molecule has 5 nitrogen and oxygen atoms in total. The zero-order valence-electron chi connectivity index (χ0n) is 16.9. The minimum atomic E-state index is -0.110. The van der Waals surface area contributed by atoms with Gasteiger partial charge >= 0.3 is 0 Å². The molecule has 1 saturated carbocycles. The molecule has 2 aromatic rings. The van der Waals surface area contributed by atoms with Gasteiger partial charge in [-0.2, -0.15) is 0 Å². The summed E-state index contributed by atoms with van der Waals surface area (Å²) in [5.74, 6) is 1.73. The van der Waals surface area contributed by atoms with Crippen molar-refractivity contribution in [2.45, 2.75) is 77.0 Å². The average molecular weight is 427 g/mol. The predicted molar refractivity (Wildman–Crippen MR) is 118 cm³/mol. The Morgan fingerprint density at radius 3 is 2.61 bits per heavy atom. The van der Waals surface area contributed by atoms with Gasteiger partial charge in [0.25, 0.3) is 0 Å².